The summed E-state index contributed by atoms with van der Waals surface area (Å²) in [5.74, 6) is -0.188. The summed E-state index contributed by atoms with van der Waals surface area (Å²) in [6, 6.07) is 7.22. The molecule has 1 N–H and O–H groups in total. The van der Waals surface area contributed by atoms with E-state index in [-0.39, 0.29) is 23.3 Å². The average Bonchev–Trinajstić information content (AvgIpc) is 2.97. The number of nitrogens with one attached hydrogen (secondary N) is 1. The third-order valence-electron chi connectivity index (χ3n) is 7.35. The molecule has 3 aromatic rings. The van der Waals surface area contributed by atoms with Gasteiger partial charge in [0.2, 0.25) is 0 Å². The van der Waals surface area contributed by atoms with Crippen LogP contribution in [0.25, 0.3) is 0 Å². The number of anilines is 1. The van der Waals surface area contributed by atoms with Crippen molar-refractivity contribution in [1.29, 1.82) is 0 Å². The molecule has 9 heteroatoms. The van der Waals surface area contributed by atoms with E-state index in [0.29, 0.717) is 28.4 Å². The van der Waals surface area contributed by atoms with E-state index in [9.17, 15) is 9.59 Å². The summed E-state index contributed by atoms with van der Waals surface area (Å²) in [4.78, 5) is 42.8. The Morgan fingerprint density at radius 2 is 1.85 bits per heavy atom. The highest BCUT2D eigenvalue weighted by Crippen LogP contribution is 2.52. The molecule has 0 saturated carbocycles. The molecule has 1 aromatic carbocycles. The van der Waals surface area contributed by atoms with Crippen molar-refractivity contribution in [3.63, 3.8) is 0 Å². The molecule has 2 fully saturated rings. The minimum absolute atomic E-state index is 0.0351. The van der Waals surface area contributed by atoms with Crippen LogP contribution in [-0.2, 0) is 5.54 Å². The van der Waals surface area contributed by atoms with E-state index in [4.69, 9.17) is 11.6 Å². The Hall–Kier alpha value is -3.36. The molecule has 3 aliphatic rings. The van der Waals surface area contributed by atoms with E-state index in [1.807, 2.05) is 30.9 Å². The van der Waals surface area contributed by atoms with Crippen molar-refractivity contribution in [3.05, 3.63) is 82.7 Å². The lowest BCUT2D eigenvalue weighted by Crippen LogP contribution is -2.73. The van der Waals surface area contributed by atoms with Gasteiger partial charge in [-0.1, -0.05) is 11.6 Å². The zero-order valence-electron chi connectivity index (χ0n) is 18.8. The van der Waals surface area contributed by atoms with Crippen LogP contribution in [0.5, 0.6) is 0 Å². The smallest absolute Gasteiger partial charge is 0.259 e. The Morgan fingerprint density at radius 1 is 1.09 bits per heavy atom. The van der Waals surface area contributed by atoms with Crippen LogP contribution < -0.4 is 10.2 Å². The van der Waals surface area contributed by atoms with Crippen molar-refractivity contribution in [1.82, 2.24) is 25.2 Å². The van der Waals surface area contributed by atoms with Crippen molar-refractivity contribution >= 4 is 29.1 Å². The first-order valence-electron chi connectivity index (χ1n) is 11.2. The predicted octanol–water partition coefficient (Wildman–Crippen LogP) is 3.21. The van der Waals surface area contributed by atoms with Gasteiger partial charge in [0.05, 0.1) is 29.0 Å². The molecule has 0 bridgehead atoms. The van der Waals surface area contributed by atoms with E-state index in [1.54, 1.807) is 41.8 Å². The van der Waals surface area contributed by atoms with E-state index < -0.39 is 5.54 Å². The lowest BCUT2D eigenvalue weighted by molar-refractivity contribution is -0.0868. The number of fused-ring (bicyclic) bond motifs is 1. The number of aromatic nitrogens is 3. The van der Waals surface area contributed by atoms with Crippen molar-refractivity contribution in [2.75, 3.05) is 24.5 Å². The first kappa shape index (κ1) is 21.2. The zero-order chi connectivity index (χ0) is 23.7. The summed E-state index contributed by atoms with van der Waals surface area (Å²) in [6.45, 7) is 6.32. The highest BCUT2D eigenvalue weighted by molar-refractivity contribution is 6.31. The van der Waals surface area contributed by atoms with Crippen molar-refractivity contribution in [3.8, 4) is 0 Å². The van der Waals surface area contributed by atoms with Gasteiger partial charge in [-0.3, -0.25) is 19.5 Å². The summed E-state index contributed by atoms with van der Waals surface area (Å²) in [5.41, 5.74) is 2.97. The maximum atomic E-state index is 13.4. The van der Waals surface area contributed by atoms with Gasteiger partial charge < -0.3 is 10.2 Å². The van der Waals surface area contributed by atoms with Crippen LogP contribution in [0.3, 0.4) is 0 Å². The van der Waals surface area contributed by atoms with Crippen LogP contribution in [0.4, 0.5) is 5.69 Å². The number of hydrogen-bond donors (Lipinski definition) is 1. The monoisotopic (exact) mass is 474 g/mol. The van der Waals surface area contributed by atoms with Gasteiger partial charge >= 0.3 is 0 Å². The van der Waals surface area contributed by atoms with Gasteiger partial charge in [-0.15, -0.1) is 0 Å². The van der Waals surface area contributed by atoms with Crippen molar-refractivity contribution in [2.45, 2.75) is 25.4 Å². The number of hydrogen-bond acceptors (Lipinski definition) is 6. The third-order valence-corrected chi connectivity index (χ3v) is 7.59. The summed E-state index contributed by atoms with van der Waals surface area (Å²) in [6.07, 6.45) is 8.00. The van der Waals surface area contributed by atoms with Gasteiger partial charge in [0.25, 0.3) is 11.8 Å². The number of nitrogens with zero attached hydrogens (tertiary/aromatic N) is 5. The number of halogens is 1. The summed E-state index contributed by atoms with van der Waals surface area (Å²) in [5, 5.41) is 3.95. The first-order chi connectivity index (χ1) is 16.3. The molecule has 0 aliphatic carbocycles. The molecule has 172 valence electrons. The lowest BCUT2D eigenvalue weighted by Gasteiger charge is -2.62. The zero-order valence-corrected chi connectivity index (χ0v) is 19.6. The van der Waals surface area contributed by atoms with Gasteiger partial charge in [0.15, 0.2) is 0 Å². The summed E-state index contributed by atoms with van der Waals surface area (Å²) < 4.78 is 0. The number of amides is 2. The molecule has 2 saturated heterocycles. The molecule has 1 atom stereocenters. The number of pyridine rings is 1. The molecular weight excluding hydrogens is 452 g/mol. The molecule has 2 amide bonds. The molecule has 2 aromatic heterocycles. The molecule has 0 radical (unpaired) electrons. The van der Waals surface area contributed by atoms with E-state index in [0.717, 1.165) is 24.2 Å². The SMILES string of the molecule is CC1(C)c2cc(Cl)ccc2C(=O)N1c1cncc(C2N(C(=O)c3cncnc3)CC23CNC3)c1. The Bertz CT molecular complexity index is 1320. The fourth-order valence-electron chi connectivity index (χ4n) is 5.65. The Morgan fingerprint density at radius 3 is 2.56 bits per heavy atom. The largest absolute Gasteiger partial charge is 0.330 e. The lowest BCUT2D eigenvalue weighted by atomic mass is 9.64. The fourth-order valence-corrected chi connectivity index (χ4v) is 5.82. The first-order valence-corrected chi connectivity index (χ1v) is 11.6. The number of carbonyl (C=O) groups is 2. The topological polar surface area (TPSA) is 91.3 Å². The van der Waals surface area contributed by atoms with Gasteiger partial charge in [-0.2, -0.15) is 0 Å². The third kappa shape index (κ3) is 2.91. The minimum Gasteiger partial charge on any atom is -0.330 e. The minimum atomic E-state index is -0.593. The summed E-state index contributed by atoms with van der Waals surface area (Å²) >= 11 is 6.24. The quantitative estimate of drug-likeness (QED) is 0.626. The molecule has 1 unspecified atom stereocenters. The molecule has 5 heterocycles. The Labute approximate surface area is 202 Å². The van der Waals surface area contributed by atoms with E-state index in [2.05, 4.69) is 20.3 Å². The maximum absolute atomic E-state index is 13.4. The number of benzene rings is 1. The second kappa shape index (κ2) is 7.32. The fraction of sp³-hybridized carbons (Fsp3) is 0.320. The number of rotatable bonds is 3. The Balaban J connectivity index is 1.38. The predicted molar refractivity (Wildman–Crippen MR) is 127 cm³/mol. The van der Waals surface area contributed by atoms with Gasteiger partial charge in [0.1, 0.15) is 6.33 Å². The second-order valence-corrected chi connectivity index (χ2v) is 10.2. The number of likely N-dealkylation sites (tertiary alicyclic amines) is 1. The Kier molecular flexibility index (Phi) is 4.56. The van der Waals surface area contributed by atoms with Crippen LogP contribution in [-0.4, -0.2) is 51.3 Å². The highest BCUT2D eigenvalue weighted by Gasteiger charge is 2.58. The maximum Gasteiger partial charge on any atom is 0.259 e. The van der Waals surface area contributed by atoms with Crippen molar-refractivity contribution in [2.24, 2.45) is 5.41 Å². The molecular formula is C25H23ClN6O2. The number of carbonyl (C=O) groups excluding carboxylic acids is 2. The van der Waals surface area contributed by atoms with Crippen LogP contribution in [0.2, 0.25) is 5.02 Å². The van der Waals surface area contributed by atoms with Gasteiger partial charge in [0, 0.05) is 54.2 Å². The molecule has 3 aliphatic heterocycles. The van der Waals surface area contributed by atoms with Crippen LogP contribution in [0.1, 0.15) is 51.7 Å². The van der Waals surface area contributed by atoms with Gasteiger partial charge in [-0.05, 0) is 49.2 Å². The van der Waals surface area contributed by atoms with Crippen LogP contribution >= 0.6 is 11.6 Å². The standard InChI is InChI=1S/C25H23ClN6O2/c1-24(2)20-6-17(26)3-4-19(20)23(34)32(24)18-5-15(7-27-10-18)21-25(11-30-12-25)13-31(21)22(33)16-8-28-14-29-9-16/h3-10,14,21,30H,11-13H2,1-2H3. The molecule has 34 heavy (non-hydrogen) atoms. The average molecular weight is 475 g/mol. The highest BCUT2D eigenvalue weighted by atomic mass is 35.5. The van der Waals surface area contributed by atoms with E-state index >= 15 is 0 Å². The molecule has 1 spiro atoms. The molecule has 8 nitrogen and oxygen atoms in total. The van der Waals surface area contributed by atoms with Crippen molar-refractivity contribution < 1.29 is 9.59 Å². The normalized spacial score (nSPS) is 21.7. The second-order valence-electron chi connectivity index (χ2n) is 9.79. The van der Waals surface area contributed by atoms with Crippen LogP contribution in [0.15, 0.2) is 55.4 Å². The van der Waals surface area contributed by atoms with Gasteiger partial charge in [-0.25, -0.2) is 9.97 Å². The summed E-state index contributed by atoms with van der Waals surface area (Å²) in [7, 11) is 0. The van der Waals surface area contributed by atoms with E-state index in [1.165, 1.54) is 6.33 Å². The van der Waals surface area contributed by atoms with Crippen LogP contribution in [0, 0.1) is 5.41 Å². The molecule has 6 rings (SSSR count).